The summed E-state index contributed by atoms with van der Waals surface area (Å²) in [5.74, 6) is -1.44. The minimum atomic E-state index is -1.06. The monoisotopic (exact) mass is 419 g/mol. The number of carbonyl (C=O) groups is 2. The van der Waals surface area contributed by atoms with Crippen molar-refractivity contribution >= 4 is 44.2 Å². The van der Waals surface area contributed by atoms with E-state index in [4.69, 9.17) is 0 Å². The lowest BCUT2D eigenvalue weighted by Crippen LogP contribution is -2.42. The summed E-state index contributed by atoms with van der Waals surface area (Å²) in [5, 5.41) is 18.2. The largest absolute Gasteiger partial charge is 0.480 e. The van der Waals surface area contributed by atoms with E-state index in [1.165, 1.54) is 0 Å². The normalized spacial score (nSPS) is 12.1. The smallest absolute Gasteiger partial charge is 0.326 e. The van der Waals surface area contributed by atoms with Crippen molar-refractivity contribution < 1.29 is 14.7 Å². The van der Waals surface area contributed by atoms with E-state index >= 15 is 0 Å². The lowest BCUT2D eigenvalue weighted by Gasteiger charge is -2.18. The zero-order valence-electron chi connectivity index (χ0n) is 17.3. The summed E-state index contributed by atoms with van der Waals surface area (Å²) in [5.41, 5.74) is 1.39. The van der Waals surface area contributed by atoms with Crippen LogP contribution in [-0.4, -0.2) is 23.0 Å². The number of carboxylic acid groups (broad SMARTS) is 1. The molecule has 4 nitrogen and oxygen atoms in total. The van der Waals surface area contributed by atoms with Crippen molar-refractivity contribution in [3.8, 4) is 0 Å². The van der Waals surface area contributed by atoms with Crippen LogP contribution in [0.25, 0.3) is 32.3 Å². The first-order valence-electron chi connectivity index (χ1n) is 10.5. The van der Waals surface area contributed by atoms with Crippen molar-refractivity contribution in [1.82, 2.24) is 5.32 Å². The van der Waals surface area contributed by atoms with Crippen LogP contribution in [0.1, 0.15) is 15.9 Å². The summed E-state index contributed by atoms with van der Waals surface area (Å²) in [7, 11) is 0. The van der Waals surface area contributed by atoms with Gasteiger partial charge in [0.25, 0.3) is 5.91 Å². The highest BCUT2D eigenvalue weighted by molar-refractivity contribution is 6.18. The fraction of sp³-hybridized carbons (Fsp3) is 0.0714. The average Bonchev–Trinajstić information content (AvgIpc) is 2.82. The first-order valence-corrected chi connectivity index (χ1v) is 10.5. The highest BCUT2D eigenvalue weighted by Crippen LogP contribution is 2.29. The van der Waals surface area contributed by atoms with Gasteiger partial charge in [0.1, 0.15) is 6.04 Å². The quantitative estimate of drug-likeness (QED) is 0.366. The average molecular weight is 419 g/mol. The number of hydrogen-bond donors (Lipinski definition) is 2. The third-order valence-electron chi connectivity index (χ3n) is 5.91. The van der Waals surface area contributed by atoms with Crippen LogP contribution in [0, 0.1) is 0 Å². The lowest BCUT2D eigenvalue weighted by atomic mass is 9.95. The summed E-state index contributed by atoms with van der Waals surface area (Å²) in [4.78, 5) is 25.6. The predicted octanol–water partition coefficient (Wildman–Crippen LogP) is 5.57. The Morgan fingerprint density at radius 3 is 1.84 bits per heavy atom. The molecule has 0 unspecified atom stereocenters. The van der Waals surface area contributed by atoms with Crippen LogP contribution < -0.4 is 5.32 Å². The summed E-state index contributed by atoms with van der Waals surface area (Å²) >= 11 is 0. The SMILES string of the molecule is O=C(N[C@H](Cc1cccc2ccccc12)C(=O)O)c1c2ccccc2cc2ccccc12. The maximum absolute atomic E-state index is 13.5. The number of amides is 1. The molecule has 0 saturated carbocycles. The molecule has 0 bridgehead atoms. The van der Waals surface area contributed by atoms with Crippen LogP contribution in [0.15, 0.2) is 97.1 Å². The van der Waals surface area contributed by atoms with Gasteiger partial charge in [-0.25, -0.2) is 4.79 Å². The predicted molar refractivity (Wildman–Crippen MR) is 128 cm³/mol. The highest BCUT2D eigenvalue weighted by atomic mass is 16.4. The summed E-state index contributed by atoms with van der Waals surface area (Å²) in [6.07, 6.45) is 0.200. The fourth-order valence-corrected chi connectivity index (χ4v) is 4.38. The van der Waals surface area contributed by atoms with Crippen molar-refractivity contribution in [2.75, 3.05) is 0 Å². The number of hydrogen-bond acceptors (Lipinski definition) is 2. The van der Waals surface area contributed by atoms with Crippen LogP contribution in [0.3, 0.4) is 0 Å². The van der Waals surface area contributed by atoms with Gasteiger partial charge in [-0.05, 0) is 43.9 Å². The van der Waals surface area contributed by atoms with Gasteiger partial charge in [-0.2, -0.15) is 0 Å². The van der Waals surface area contributed by atoms with Crippen molar-refractivity contribution in [3.05, 3.63) is 108 Å². The van der Waals surface area contributed by atoms with Crippen LogP contribution >= 0.6 is 0 Å². The van der Waals surface area contributed by atoms with E-state index in [-0.39, 0.29) is 12.3 Å². The lowest BCUT2D eigenvalue weighted by molar-refractivity contribution is -0.139. The molecule has 4 heteroatoms. The van der Waals surface area contributed by atoms with Gasteiger partial charge in [0.05, 0.1) is 5.56 Å². The molecule has 5 rings (SSSR count). The van der Waals surface area contributed by atoms with E-state index in [0.29, 0.717) is 5.56 Å². The third-order valence-corrected chi connectivity index (χ3v) is 5.91. The van der Waals surface area contributed by atoms with Crippen LogP contribution in [0.2, 0.25) is 0 Å². The van der Waals surface area contributed by atoms with Gasteiger partial charge < -0.3 is 10.4 Å². The van der Waals surface area contributed by atoms with Crippen molar-refractivity contribution in [1.29, 1.82) is 0 Å². The Bertz CT molecular complexity index is 1430. The van der Waals surface area contributed by atoms with Crippen LogP contribution in [0.5, 0.6) is 0 Å². The Morgan fingerprint density at radius 2 is 1.22 bits per heavy atom. The molecule has 5 aromatic carbocycles. The maximum Gasteiger partial charge on any atom is 0.326 e. The second-order valence-electron chi connectivity index (χ2n) is 7.90. The number of fused-ring (bicyclic) bond motifs is 3. The number of rotatable bonds is 5. The Labute approximate surface area is 185 Å². The highest BCUT2D eigenvalue weighted by Gasteiger charge is 2.24. The Hall–Kier alpha value is -4.18. The molecule has 2 N–H and O–H groups in total. The van der Waals surface area contributed by atoms with Crippen molar-refractivity contribution in [3.63, 3.8) is 0 Å². The van der Waals surface area contributed by atoms with Crippen LogP contribution in [0.4, 0.5) is 0 Å². The van der Waals surface area contributed by atoms with Gasteiger partial charge in [0, 0.05) is 6.42 Å². The molecule has 0 aliphatic rings. The zero-order valence-corrected chi connectivity index (χ0v) is 17.3. The number of carbonyl (C=O) groups excluding carboxylic acids is 1. The first-order chi connectivity index (χ1) is 15.6. The Balaban J connectivity index is 1.55. The number of carboxylic acids is 1. The van der Waals surface area contributed by atoms with E-state index in [0.717, 1.165) is 37.9 Å². The zero-order chi connectivity index (χ0) is 22.1. The maximum atomic E-state index is 13.5. The minimum absolute atomic E-state index is 0.200. The van der Waals surface area contributed by atoms with E-state index in [9.17, 15) is 14.7 Å². The van der Waals surface area contributed by atoms with Crippen molar-refractivity contribution in [2.45, 2.75) is 12.5 Å². The molecule has 0 spiro atoms. The number of aliphatic carboxylic acids is 1. The Morgan fingerprint density at radius 1 is 0.688 bits per heavy atom. The van der Waals surface area contributed by atoms with Crippen molar-refractivity contribution in [2.24, 2.45) is 0 Å². The van der Waals surface area contributed by atoms with Crippen LogP contribution in [-0.2, 0) is 11.2 Å². The number of nitrogens with one attached hydrogen (secondary N) is 1. The molecule has 156 valence electrons. The fourth-order valence-electron chi connectivity index (χ4n) is 4.38. The van der Waals surface area contributed by atoms with Gasteiger partial charge in [0.2, 0.25) is 0 Å². The molecule has 0 saturated heterocycles. The summed E-state index contributed by atoms with van der Waals surface area (Å²) in [6.45, 7) is 0. The molecule has 0 aliphatic carbocycles. The molecule has 32 heavy (non-hydrogen) atoms. The molecule has 0 aromatic heterocycles. The molecule has 0 aliphatic heterocycles. The molecular weight excluding hydrogens is 398 g/mol. The summed E-state index contributed by atoms with van der Waals surface area (Å²) < 4.78 is 0. The van der Waals surface area contributed by atoms with E-state index in [1.54, 1.807) is 0 Å². The topological polar surface area (TPSA) is 66.4 Å². The summed E-state index contributed by atoms with van der Waals surface area (Å²) in [6, 6.07) is 30.0. The van der Waals surface area contributed by atoms with E-state index in [2.05, 4.69) is 5.32 Å². The van der Waals surface area contributed by atoms with Gasteiger partial charge in [-0.3, -0.25) is 4.79 Å². The first kappa shape index (κ1) is 19.8. The minimum Gasteiger partial charge on any atom is -0.480 e. The molecule has 1 atom stereocenters. The third kappa shape index (κ3) is 3.56. The molecular formula is C28H21NO3. The van der Waals surface area contributed by atoms with Gasteiger partial charge in [-0.15, -0.1) is 0 Å². The molecule has 0 fully saturated rings. The molecule has 0 heterocycles. The van der Waals surface area contributed by atoms with Gasteiger partial charge in [-0.1, -0.05) is 91.0 Å². The molecule has 5 aromatic rings. The molecule has 1 amide bonds. The standard InChI is InChI=1S/C28H21NO3/c30-27(26-23-14-5-2-9-19(23)16-20-10-3-6-15-24(20)26)29-25(28(31)32)17-21-12-7-11-18-8-1-4-13-22(18)21/h1-16,25H,17H2,(H,29,30)(H,31,32)/t25-/m1/s1. The Kier molecular flexibility index (Phi) is 5.04. The molecule has 0 radical (unpaired) electrons. The number of benzene rings is 5. The van der Waals surface area contributed by atoms with E-state index < -0.39 is 12.0 Å². The van der Waals surface area contributed by atoms with Gasteiger partial charge >= 0.3 is 5.97 Å². The van der Waals surface area contributed by atoms with Gasteiger partial charge in [0.15, 0.2) is 0 Å². The van der Waals surface area contributed by atoms with E-state index in [1.807, 2.05) is 97.1 Å². The second kappa shape index (κ2) is 8.16. The second-order valence-corrected chi connectivity index (χ2v) is 7.90.